The fourth-order valence-corrected chi connectivity index (χ4v) is 2.16. The van der Waals surface area contributed by atoms with E-state index in [1.54, 1.807) is 11.3 Å². The van der Waals surface area contributed by atoms with Gasteiger partial charge in [0, 0.05) is 30.9 Å². The molecule has 0 unspecified atom stereocenters. The van der Waals surface area contributed by atoms with Crippen molar-refractivity contribution >= 4 is 17.2 Å². The van der Waals surface area contributed by atoms with E-state index in [0.29, 0.717) is 13.0 Å². The highest BCUT2D eigenvalue weighted by Gasteiger charge is 2.01. The van der Waals surface area contributed by atoms with Crippen LogP contribution in [0.5, 0.6) is 0 Å². The van der Waals surface area contributed by atoms with Crippen LogP contribution in [0.25, 0.3) is 0 Å². The monoisotopic (exact) mass is 241 g/mol. The molecular formula is C11H19N3OS. The maximum Gasteiger partial charge on any atom is 0.221 e. The van der Waals surface area contributed by atoms with Gasteiger partial charge in [-0.25, -0.2) is 4.98 Å². The van der Waals surface area contributed by atoms with Crippen LogP contribution in [0.4, 0.5) is 0 Å². The van der Waals surface area contributed by atoms with E-state index in [2.05, 4.69) is 15.6 Å². The van der Waals surface area contributed by atoms with Gasteiger partial charge in [0.2, 0.25) is 5.91 Å². The first-order valence-electron chi connectivity index (χ1n) is 5.60. The molecule has 2 N–H and O–H groups in total. The van der Waals surface area contributed by atoms with Crippen molar-refractivity contribution in [2.75, 3.05) is 19.6 Å². The van der Waals surface area contributed by atoms with Gasteiger partial charge in [-0.3, -0.25) is 4.79 Å². The number of hydrogen-bond acceptors (Lipinski definition) is 4. The Labute approximate surface area is 100 Å². The van der Waals surface area contributed by atoms with E-state index in [4.69, 9.17) is 0 Å². The van der Waals surface area contributed by atoms with Crippen LogP contribution in [-0.2, 0) is 11.2 Å². The highest BCUT2D eigenvalue weighted by molar-refractivity contribution is 7.09. The fourth-order valence-electron chi connectivity index (χ4n) is 1.38. The van der Waals surface area contributed by atoms with Gasteiger partial charge in [0.15, 0.2) is 0 Å². The Morgan fingerprint density at radius 2 is 2.31 bits per heavy atom. The first-order valence-corrected chi connectivity index (χ1v) is 6.48. The molecule has 90 valence electrons. The smallest absolute Gasteiger partial charge is 0.221 e. The second-order valence-electron chi connectivity index (χ2n) is 3.56. The zero-order chi connectivity index (χ0) is 11.8. The van der Waals surface area contributed by atoms with E-state index in [1.807, 2.05) is 19.4 Å². The number of rotatable bonds is 7. The first-order chi connectivity index (χ1) is 7.74. The maximum atomic E-state index is 11.1. The standard InChI is InChI=1S/C11H19N3OS/c1-3-13-11(15)5-7-12-6-4-10-9(2)14-8-16-10/h8,12H,3-7H2,1-2H3,(H,13,15). The third-order valence-electron chi connectivity index (χ3n) is 2.28. The predicted molar refractivity (Wildman–Crippen MR) is 66.7 cm³/mol. The van der Waals surface area contributed by atoms with Gasteiger partial charge >= 0.3 is 0 Å². The molecule has 16 heavy (non-hydrogen) atoms. The highest BCUT2D eigenvalue weighted by Crippen LogP contribution is 2.11. The quantitative estimate of drug-likeness (QED) is 0.703. The fraction of sp³-hybridized carbons (Fsp3) is 0.636. The summed E-state index contributed by atoms with van der Waals surface area (Å²) in [6, 6.07) is 0. The van der Waals surface area contributed by atoms with Gasteiger partial charge in [-0.2, -0.15) is 0 Å². The molecule has 0 aliphatic rings. The molecule has 4 nitrogen and oxygen atoms in total. The van der Waals surface area contributed by atoms with E-state index >= 15 is 0 Å². The summed E-state index contributed by atoms with van der Waals surface area (Å²) in [7, 11) is 0. The summed E-state index contributed by atoms with van der Waals surface area (Å²) in [5, 5.41) is 6.03. The van der Waals surface area contributed by atoms with Crippen molar-refractivity contribution in [3.8, 4) is 0 Å². The van der Waals surface area contributed by atoms with E-state index in [1.165, 1.54) is 4.88 Å². The second-order valence-corrected chi connectivity index (χ2v) is 4.50. The maximum absolute atomic E-state index is 11.1. The number of carbonyl (C=O) groups excluding carboxylic acids is 1. The van der Waals surface area contributed by atoms with Crippen LogP contribution >= 0.6 is 11.3 Å². The number of amides is 1. The van der Waals surface area contributed by atoms with Crippen molar-refractivity contribution in [2.24, 2.45) is 0 Å². The molecule has 1 heterocycles. The molecule has 0 bridgehead atoms. The Kier molecular flexibility index (Phi) is 6.03. The summed E-state index contributed by atoms with van der Waals surface area (Å²) >= 11 is 1.69. The van der Waals surface area contributed by atoms with Crippen LogP contribution < -0.4 is 10.6 Å². The zero-order valence-corrected chi connectivity index (χ0v) is 10.7. The molecule has 0 aliphatic heterocycles. The normalized spacial score (nSPS) is 10.4. The lowest BCUT2D eigenvalue weighted by atomic mass is 10.3. The average Bonchev–Trinajstić information content (AvgIpc) is 2.64. The minimum Gasteiger partial charge on any atom is -0.356 e. The van der Waals surface area contributed by atoms with Crippen LogP contribution in [0.15, 0.2) is 5.51 Å². The molecule has 1 rings (SSSR count). The largest absolute Gasteiger partial charge is 0.356 e. The van der Waals surface area contributed by atoms with E-state index in [9.17, 15) is 4.79 Å². The number of aryl methyl sites for hydroxylation is 1. The van der Waals surface area contributed by atoms with Gasteiger partial charge in [-0.05, 0) is 20.3 Å². The summed E-state index contributed by atoms with van der Waals surface area (Å²) in [6.07, 6.45) is 1.54. The molecule has 1 amide bonds. The van der Waals surface area contributed by atoms with Crippen LogP contribution in [0.3, 0.4) is 0 Å². The van der Waals surface area contributed by atoms with Gasteiger partial charge in [-0.15, -0.1) is 11.3 Å². The van der Waals surface area contributed by atoms with Crippen LogP contribution in [-0.4, -0.2) is 30.5 Å². The Morgan fingerprint density at radius 3 is 2.94 bits per heavy atom. The lowest BCUT2D eigenvalue weighted by molar-refractivity contribution is -0.120. The molecule has 0 aromatic carbocycles. The number of nitrogens with zero attached hydrogens (tertiary/aromatic N) is 1. The van der Waals surface area contributed by atoms with Crippen molar-refractivity contribution in [3.05, 3.63) is 16.1 Å². The van der Waals surface area contributed by atoms with Crippen molar-refractivity contribution in [2.45, 2.75) is 26.7 Å². The molecule has 0 aliphatic carbocycles. The number of thiazole rings is 1. The van der Waals surface area contributed by atoms with Gasteiger partial charge in [0.25, 0.3) is 0 Å². The average molecular weight is 241 g/mol. The molecule has 0 spiro atoms. The van der Waals surface area contributed by atoms with Crippen molar-refractivity contribution in [1.82, 2.24) is 15.6 Å². The van der Waals surface area contributed by atoms with Gasteiger partial charge in [-0.1, -0.05) is 0 Å². The van der Waals surface area contributed by atoms with E-state index < -0.39 is 0 Å². The van der Waals surface area contributed by atoms with Crippen molar-refractivity contribution < 1.29 is 4.79 Å². The third-order valence-corrected chi connectivity index (χ3v) is 3.27. The summed E-state index contributed by atoms with van der Waals surface area (Å²) in [5.74, 6) is 0.115. The topological polar surface area (TPSA) is 54.0 Å². The van der Waals surface area contributed by atoms with Crippen LogP contribution in [0.2, 0.25) is 0 Å². The molecule has 0 saturated carbocycles. The van der Waals surface area contributed by atoms with Crippen LogP contribution in [0, 0.1) is 6.92 Å². The molecule has 1 aromatic heterocycles. The van der Waals surface area contributed by atoms with Gasteiger partial charge < -0.3 is 10.6 Å². The summed E-state index contributed by atoms with van der Waals surface area (Å²) in [4.78, 5) is 16.6. The predicted octanol–water partition coefficient (Wildman–Crippen LogP) is 1.11. The molecule has 5 heteroatoms. The highest BCUT2D eigenvalue weighted by atomic mass is 32.1. The van der Waals surface area contributed by atoms with E-state index in [-0.39, 0.29) is 5.91 Å². The van der Waals surface area contributed by atoms with E-state index in [0.717, 1.165) is 25.2 Å². The second kappa shape index (κ2) is 7.35. The molecule has 0 saturated heterocycles. The summed E-state index contributed by atoms with van der Waals surface area (Å²) in [5.41, 5.74) is 3.00. The van der Waals surface area contributed by atoms with Gasteiger partial charge in [0.1, 0.15) is 0 Å². The van der Waals surface area contributed by atoms with Crippen LogP contribution in [0.1, 0.15) is 23.9 Å². The minimum absolute atomic E-state index is 0.115. The summed E-state index contributed by atoms with van der Waals surface area (Å²) in [6.45, 7) is 6.31. The molecule has 0 atom stereocenters. The number of nitrogens with one attached hydrogen (secondary N) is 2. The number of carbonyl (C=O) groups is 1. The Morgan fingerprint density at radius 1 is 1.50 bits per heavy atom. The molecular weight excluding hydrogens is 222 g/mol. The lowest BCUT2D eigenvalue weighted by Crippen LogP contribution is -2.28. The Hall–Kier alpha value is -0.940. The van der Waals surface area contributed by atoms with Gasteiger partial charge in [0.05, 0.1) is 11.2 Å². The molecule has 0 radical (unpaired) electrons. The van der Waals surface area contributed by atoms with Crippen molar-refractivity contribution in [1.29, 1.82) is 0 Å². The Balaban J connectivity index is 2.04. The number of hydrogen-bond donors (Lipinski definition) is 2. The Bertz CT molecular complexity index is 325. The number of aromatic nitrogens is 1. The molecule has 1 aromatic rings. The lowest BCUT2D eigenvalue weighted by Gasteiger charge is -2.04. The minimum atomic E-state index is 0.115. The van der Waals surface area contributed by atoms with Crippen molar-refractivity contribution in [3.63, 3.8) is 0 Å². The SMILES string of the molecule is CCNC(=O)CCNCCc1scnc1C. The molecule has 0 fully saturated rings. The first kappa shape index (κ1) is 13.1. The third kappa shape index (κ3) is 4.72. The summed E-state index contributed by atoms with van der Waals surface area (Å²) < 4.78 is 0. The zero-order valence-electron chi connectivity index (χ0n) is 9.88.